The lowest BCUT2D eigenvalue weighted by atomic mass is 10.3. The molecule has 2 aromatic carbocycles. The monoisotopic (exact) mass is 310 g/mol. The number of urea groups is 1. The molecule has 0 heterocycles. The second-order valence-electron chi connectivity index (χ2n) is 3.90. The number of para-hydroxylation sites is 1. The highest BCUT2D eigenvalue weighted by Crippen LogP contribution is 2.24. The number of carbonyl (C=O) groups excluding carboxylic acids is 1. The van der Waals surface area contributed by atoms with Gasteiger partial charge in [-0.1, -0.05) is 29.8 Å². The standard InChI is InChI=1S/C13H11ClN2O3S/c14-10-6-8-12(9-7-10)20(18,19)16(13(15)17)11-4-2-1-3-5-11/h1-9H,(H2,15,17). The van der Waals surface area contributed by atoms with Gasteiger partial charge in [0.1, 0.15) is 0 Å². The Morgan fingerprint density at radius 2 is 1.55 bits per heavy atom. The normalized spacial score (nSPS) is 11.1. The van der Waals surface area contributed by atoms with Crippen LogP contribution in [0.25, 0.3) is 0 Å². The zero-order valence-electron chi connectivity index (χ0n) is 10.2. The molecule has 2 amide bonds. The molecule has 0 saturated carbocycles. The molecule has 20 heavy (non-hydrogen) atoms. The fraction of sp³-hybridized carbons (Fsp3) is 0. The Kier molecular flexibility index (Phi) is 3.96. The first kappa shape index (κ1) is 14.4. The van der Waals surface area contributed by atoms with Gasteiger partial charge in [0.25, 0.3) is 10.0 Å². The first-order valence-electron chi connectivity index (χ1n) is 5.58. The molecule has 0 unspecified atom stereocenters. The molecule has 104 valence electrons. The number of nitrogens with two attached hydrogens (primary N) is 1. The van der Waals surface area contributed by atoms with Crippen molar-refractivity contribution in [2.75, 3.05) is 4.31 Å². The van der Waals surface area contributed by atoms with Crippen LogP contribution in [0, 0.1) is 0 Å². The van der Waals surface area contributed by atoms with Crippen molar-refractivity contribution in [3.05, 3.63) is 59.6 Å². The Morgan fingerprint density at radius 3 is 2.05 bits per heavy atom. The molecule has 0 aliphatic rings. The zero-order chi connectivity index (χ0) is 14.8. The number of rotatable bonds is 3. The van der Waals surface area contributed by atoms with E-state index < -0.39 is 16.1 Å². The highest BCUT2D eigenvalue weighted by molar-refractivity contribution is 7.93. The number of primary amides is 1. The quantitative estimate of drug-likeness (QED) is 0.946. The van der Waals surface area contributed by atoms with E-state index in [9.17, 15) is 13.2 Å². The molecule has 0 fully saturated rings. The summed E-state index contributed by atoms with van der Waals surface area (Å²) in [4.78, 5) is 11.5. The second-order valence-corrected chi connectivity index (χ2v) is 6.12. The lowest BCUT2D eigenvalue weighted by molar-refractivity contribution is 0.257. The van der Waals surface area contributed by atoms with Crippen molar-refractivity contribution >= 4 is 33.3 Å². The second kappa shape index (κ2) is 5.52. The van der Waals surface area contributed by atoms with Crippen molar-refractivity contribution < 1.29 is 13.2 Å². The van der Waals surface area contributed by atoms with E-state index in [-0.39, 0.29) is 10.6 Å². The SMILES string of the molecule is NC(=O)N(c1ccccc1)S(=O)(=O)c1ccc(Cl)cc1. The van der Waals surface area contributed by atoms with Gasteiger partial charge in [-0.2, -0.15) is 4.31 Å². The van der Waals surface area contributed by atoms with E-state index in [2.05, 4.69) is 0 Å². The summed E-state index contributed by atoms with van der Waals surface area (Å²) < 4.78 is 25.5. The van der Waals surface area contributed by atoms with Gasteiger partial charge in [-0.05, 0) is 36.4 Å². The predicted molar refractivity (Wildman–Crippen MR) is 77.1 cm³/mol. The van der Waals surface area contributed by atoms with E-state index in [1.54, 1.807) is 18.2 Å². The fourth-order valence-electron chi connectivity index (χ4n) is 1.66. The third kappa shape index (κ3) is 2.76. The number of carbonyl (C=O) groups is 1. The Labute approximate surface area is 121 Å². The van der Waals surface area contributed by atoms with E-state index >= 15 is 0 Å². The van der Waals surface area contributed by atoms with E-state index in [4.69, 9.17) is 17.3 Å². The highest BCUT2D eigenvalue weighted by Gasteiger charge is 2.29. The number of benzene rings is 2. The van der Waals surface area contributed by atoms with Crippen LogP contribution in [0.4, 0.5) is 10.5 Å². The van der Waals surface area contributed by atoms with Gasteiger partial charge in [0.05, 0.1) is 10.6 Å². The average molecular weight is 311 g/mol. The topological polar surface area (TPSA) is 80.5 Å². The summed E-state index contributed by atoms with van der Waals surface area (Å²) >= 11 is 5.72. The molecular weight excluding hydrogens is 300 g/mol. The van der Waals surface area contributed by atoms with Gasteiger partial charge in [-0.25, -0.2) is 13.2 Å². The number of amides is 2. The number of hydrogen-bond acceptors (Lipinski definition) is 3. The molecule has 0 bridgehead atoms. The average Bonchev–Trinajstić information content (AvgIpc) is 2.39. The van der Waals surface area contributed by atoms with Crippen molar-refractivity contribution in [1.82, 2.24) is 0 Å². The Bertz CT molecular complexity index is 715. The maximum Gasteiger partial charge on any atom is 0.333 e. The summed E-state index contributed by atoms with van der Waals surface area (Å²) in [5.74, 6) is 0. The van der Waals surface area contributed by atoms with Crippen molar-refractivity contribution in [2.45, 2.75) is 4.90 Å². The third-order valence-corrected chi connectivity index (χ3v) is 4.53. The Morgan fingerprint density at radius 1 is 1.00 bits per heavy atom. The molecule has 5 nitrogen and oxygen atoms in total. The van der Waals surface area contributed by atoms with Crippen LogP contribution in [0.2, 0.25) is 5.02 Å². The maximum atomic E-state index is 12.5. The van der Waals surface area contributed by atoms with Crippen LogP contribution in [-0.4, -0.2) is 14.4 Å². The largest absolute Gasteiger partial charge is 0.350 e. The smallest absolute Gasteiger partial charge is 0.333 e. The number of hydrogen-bond donors (Lipinski definition) is 1. The molecule has 2 N–H and O–H groups in total. The highest BCUT2D eigenvalue weighted by atomic mass is 35.5. The number of anilines is 1. The van der Waals surface area contributed by atoms with Gasteiger partial charge < -0.3 is 5.73 Å². The van der Waals surface area contributed by atoms with Gasteiger partial charge in [-0.3, -0.25) is 0 Å². The number of nitrogens with zero attached hydrogens (tertiary/aromatic N) is 1. The van der Waals surface area contributed by atoms with Crippen molar-refractivity contribution in [2.24, 2.45) is 5.73 Å². The molecular formula is C13H11ClN2O3S. The Hall–Kier alpha value is -2.05. The van der Waals surface area contributed by atoms with Crippen LogP contribution in [0.1, 0.15) is 0 Å². The van der Waals surface area contributed by atoms with Crippen LogP contribution in [0.3, 0.4) is 0 Å². The molecule has 0 radical (unpaired) electrons. The number of halogens is 1. The molecule has 0 spiro atoms. The van der Waals surface area contributed by atoms with E-state index in [1.165, 1.54) is 36.4 Å². The minimum absolute atomic E-state index is 0.0652. The van der Waals surface area contributed by atoms with Crippen LogP contribution in [-0.2, 0) is 10.0 Å². The van der Waals surface area contributed by atoms with Crippen LogP contribution in [0.15, 0.2) is 59.5 Å². The first-order chi connectivity index (χ1) is 9.43. The number of sulfonamides is 1. The first-order valence-corrected chi connectivity index (χ1v) is 7.40. The summed E-state index contributed by atoms with van der Waals surface area (Å²) in [6, 6.07) is 12.3. The van der Waals surface area contributed by atoms with Crippen molar-refractivity contribution in [1.29, 1.82) is 0 Å². The lowest BCUT2D eigenvalue weighted by Crippen LogP contribution is -2.40. The summed E-state index contributed by atoms with van der Waals surface area (Å²) in [5.41, 5.74) is 5.38. The predicted octanol–water partition coefficient (Wildman–Crippen LogP) is 2.61. The molecule has 2 aromatic rings. The maximum absolute atomic E-state index is 12.5. The molecule has 7 heteroatoms. The summed E-state index contributed by atoms with van der Waals surface area (Å²) in [6.07, 6.45) is 0. The Balaban J connectivity index is 2.54. The molecule has 0 aliphatic carbocycles. The van der Waals surface area contributed by atoms with E-state index in [1.807, 2.05) is 0 Å². The lowest BCUT2D eigenvalue weighted by Gasteiger charge is -2.20. The summed E-state index contributed by atoms with van der Waals surface area (Å²) in [7, 11) is -4.07. The van der Waals surface area contributed by atoms with Gasteiger partial charge >= 0.3 is 6.03 Å². The summed E-state index contributed by atoms with van der Waals surface area (Å²) in [5, 5.41) is 0.397. The molecule has 0 aromatic heterocycles. The molecule has 0 aliphatic heterocycles. The molecule has 0 saturated heterocycles. The third-order valence-electron chi connectivity index (χ3n) is 2.54. The van der Waals surface area contributed by atoms with Crippen LogP contribution in [0.5, 0.6) is 0 Å². The van der Waals surface area contributed by atoms with E-state index in [0.717, 1.165) is 0 Å². The van der Waals surface area contributed by atoms with Crippen LogP contribution < -0.4 is 10.0 Å². The van der Waals surface area contributed by atoms with Gasteiger partial charge in [0.2, 0.25) is 0 Å². The zero-order valence-corrected chi connectivity index (χ0v) is 11.8. The van der Waals surface area contributed by atoms with Gasteiger partial charge in [0.15, 0.2) is 0 Å². The van der Waals surface area contributed by atoms with E-state index in [0.29, 0.717) is 9.33 Å². The molecule has 2 rings (SSSR count). The molecule has 0 atom stereocenters. The van der Waals surface area contributed by atoms with Gasteiger partial charge in [0, 0.05) is 5.02 Å². The minimum Gasteiger partial charge on any atom is -0.350 e. The van der Waals surface area contributed by atoms with Crippen LogP contribution >= 0.6 is 11.6 Å². The minimum atomic E-state index is -4.07. The van der Waals surface area contributed by atoms with Gasteiger partial charge in [-0.15, -0.1) is 0 Å². The summed E-state index contributed by atoms with van der Waals surface area (Å²) in [6.45, 7) is 0. The van der Waals surface area contributed by atoms with Crippen molar-refractivity contribution in [3.63, 3.8) is 0 Å². The fourth-order valence-corrected chi connectivity index (χ4v) is 3.11. The van der Waals surface area contributed by atoms with Crippen molar-refractivity contribution in [3.8, 4) is 0 Å².